The minimum Gasteiger partial charge on any atom is -0.481 e. The number of nitrogens with one attached hydrogen (secondary N) is 1. The molecule has 0 bridgehead atoms. The van der Waals surface area contributed by atoms with Gasteiger partial charge in [-0.15, -0.1) is 0 Å². The highest BCUT2D eigenvalue weighted by Crippen LogP contribution is 2.20. The molecular weight excluding hydrogens is 310 g/mol. The van der Waals surface area contributed by atoms with Crippen molar-refractivity contribution in [2.45, 2.75) is 0 Å². The topological polar surface area (TPSA) is 99.1 Å². The van der Waals surface area contributed by atoms with Crippen LogP contribution in [0.4, 0.5) is 5.82 Å². The highest BCUT2D eigenvalue weighted by molar-refractivity contribution is 6.02. The second-order valence-electron chi connectivity index (χ2n) is 4.57. The van der Waals surface area contributed by atoms with E-state index < -0.39 is 5.91 Å². The molecule has 0 atom stereocenters. The zero-order valence-corrected chi connectivity index (χ0v) is 12.7. The number of rotatable bonds is 5. The molecule has 3 rings (SSSR count). The molecule has 24 heavy (non-hydrogen) atoms. The van der Waals surface area contributed by atoms with E-state index in [-0.39, 0.29) is 5.69 Å². The van der Waals surface area contributed by atoms with E-state index in [0.29, 0.717) is 23.2 Å². The van der Waals surface area contributed by atoms with Crippen molar-refractivity contribution in [2.75, 3.05) is 12.4 Å². The van der Waals surface area contributed by atoms with Crippen LogP contribution in [0.2, 0.25) is 0 Å². The minimum atomic E-state index is -0.412. The molecule has 3 aromatic heterocycles. The molecule has 0 radical (unpaired) electrons. The summed E-state index contributed by atoms with van der Waals surface area (Å²) in [5.74, 6) is 1.27. The largest absolute Gasteiger partial charge is 0.481 e. The summed E-state index contributed by atoms with van der Waals surface area (Å²) in [5, 5.41) is 2.65. The Balaban J connectivity index is 1.74. The maximum Gasteiger partial charge on any atom is 0.275 e. The standard InChI is InChI=1S/C16H13N5O3/c1-23-15-4-2-3-14(20-15)21-16(22)13-7-11(5-6-19-13)24-12-8-17-10-18-9-12/h2-10H,1H3,(H,20,21,22). The van der Waals surface area contributed by atoms with Crippen LogP contribution < -0.4 is 14.8 Å². The monoisotopic (exact) mass is 323 g/mol. The molecule has 0 unspecified atom stereocenters. The number of amides is 1. The summed E-state index contributed by atoms with van der Waals surface area (Å²) in [4.78, 5) is 28.2. The van der Waals surface area contributed by atoms with Crippen molar-refractivity contribution in [2.24, 2.45) is 0 Å². The molecule has 0 spiro atoms. The van der Waals surface area contributed by atoms with Gasteiger partial charge in [0.05, 0.1) is 19.5 Å². The summed E-state index contributed by atoms with van der Waals surface area (Å²) in [6, 6.07) is 8.21. The third-order valence-corrected chi connectivity index (χ3v) is 2.91. The van der Waals surface area contributed by atoms with Gasteiger partial charge in [-0.05, 0) is 12.1 Å². The predicted molar refractivity (Wildman–Crippen MR) is 85.1 cm³/mol. The third-order valence-electron chi connectivity index (χ3n) is 2.91. The van der Waals surface area contributed by atoms with E-state index in [0.717, 1.165) is 0 Å². The van der Waals surface area contributed by atoms with Gasteiger partial charge < -0.3 is 14.8 Å². The Labute approximate surface area is 137 Å². The SMILES string of the molecule is COc1cccc(NC(=O)c2cc(Oc3cncnc3)ccn2)n1. The Morgan fingerprint density at radius 1 is 1.12 bits per heavy atom. The molecule has 0 saturated carbocycles. The van der Waals surface area contributed by atoms with Crippen LogP contribution in [0.3, 0.4) is 0 Å². The van der Waals surface area contributed by atoms with Crippen LogP contribution in [0.5, 0.6) is 17.4 Å². The second kappa shape index (κ2) is 7.14. The van der Waals surface area contributed by atoms with Crippen LogP contribution >= 0.6 is 0 Å². The molecule has 8 heteroatoms. The fourth-order valence-corrected chi connectivity index (χ4v) is 1.85. The highest BCUT2D eigenvalue weighted by Gasteiger charge is 2.10. The number of ether oxygens (including phenoxy) is 2. The predicted octanol–water partition coefficient (Wildman–Crippen LogP) is 2.32. The van der Waals surface area contributed by atoms with Gasteiger partial charge in [0.15, 0.2) is 5.75 Å². The van der Waals surface area contributed by atoms with Crippen molar-refractivity contribution in [1.29, 1.82) is 0 Å². The molecule has 0 saturated heterocycles. The number of nitrogens with zero attached hydrogens (tertiary/aromatic N) is 4. The van der Waals surface area contributed by atoms with Crippen LogP contribution in [-0.4, -0.2) is 33.0 Å². The molecule has 8 nitrogen and oxygen atoms in total. The van der Waals surface area contributed by atoms with Gasteiger partial charge in [0, 0.05) is 18.3 Å². The van der Waals surface area contributed by atoms with Gasteiger partial charge in [-0.25, -0.2) is 9.97 Å². The Morgan fingerprint density at radius 2 is 1.96 bits per heavy atom. The first-order valence-electron chi connectivity index (χ1n) is 6.96. The number of pyridine rings is 2. The molecule has 0 aliphatic heterocycles. The summed E-state index contributed by atoms with van der Waals surface area (Å²) < 4.78 is 10.6. The van der Waals surface area contributed by atoms with Crippen molar-refractivity contribution < 1.29 is 14.3 Å². The first kappa shape index (κ1) is 15.3. The van der Waals surface area contributed by atoms with Crippen molar-refractivity contribution in [1.82, 2.24) is 19.9 Å². The lowest BCUT2D eigenvalue weighted by atomic mass is 10.3. The lowest BCUT2D eigenvalue weighted by Gasteiger charge is -2.07. The summed E-state index contributed by atoms with van der Waals surface area (Å²) in [5.41, 5.74) is 0.189. The number of aromatic nitrogens is 4. The molecular formula is C16H13N5O3. The number of anilines is 1. The number of carbonyl (C=O) groups excluding carboxylic acids is 1. The molecule has 3 aromatic rings. The van der Waals surface area contributed by atoms with Gasteiger partial charge in [-0.3, -0.25) is 9.78 Å². The van der Waals surface area contributed by atoms with E-state index in [1.54, 1.807) is 24.3 Å². The Hall–Kier alpha value is -3.55. The van der Waals surface area contributed by atoms with Crippen molar-refractivity contribution in [3.8, 4) is 17.4 Å². The molecule has 0 aliphatic carbocycles. The summed E-state index contributed by atoms with van der Waals surface area (Å²) >= 11 is 0. The summed E-state index contributed by atoms with van der Waals surface area (Å²) in [6.07, 6.45) is 5.92. The lowest BCUT2D eigenvalue weighted by Crippen LogP contribution is -2.14. The zero-order chi connectivity index (χ0) is 16.8. The van der Waals surface area contributed by atoms with Crippen molar-refractivity contribution >= 4 is 11.7 Å². The molecule has 1 N–H and O–H groups in total. The number of carbonyl (C=O) groups is 1. The molecule has 0 aliphatic rings. The van der Waals surface area contributed by atoms with E-state index in [9.17, 15) is 4.79 Å². The van der Waals surface area contributed by atoms with Crippen LogP contribution in [0.25, 0.3) is 0 Å². The molecule has 3 heterocycles. The van der Waals surface area contributed by atoms with E-state index in [1.165, 1.54) is 38.1 Å². The first-order chi connectivity index (χ1) is 11.7. The number of methoxy groups -OCH3 is 1. The average molecular weight is 323 g/mol. The van der Waals surface area contributed by atoms with E-state index in [4.69, 9.17) is 9.47 Å². The van der Waals surface area contributed by atoms with E-state index in [2.05, 4.69) is 25.3 Å². The average Bonchev–Trinajstić information content (AvgIpc) is 2.63. The Bertz CT molecular complexity index is 842. The van der Waals surface area contributed by atoms with Gasteiger partial charge in [0.25, 0.3) is 5.91 Å². The van der Waals surface area contributed by atoms with Gasteiger partial charge >= 0.3 is 0 Å². The maximum atomic E-state index is 12.3. The maximum absolute atomic E-state index is 12.3. The normalized spacial score (nSPS) is 10.0. The second-order valence-corrected chi connectivity index (χ2v) is 4.57. The van der Waals surface area contributed by atoms with Gasteiger partial charge in [0.2, 0.25) is 5.88 Å². The fraction of sp³-hybridized carbons (Fsp3) is 0.0625. The lowest BCUT2D eigenvalue weighted by molar-refractivity contribution is 0.102. The Morgan fingerprint density at radius 3 is 2.75 bits per heavy atom. The molecule has 0 fully saturated rings. The number of hydrogen-bond donors (Lipinski definition) is 1. The van der Waals surface area contributed by atoms with Crippen LogP contribution in [0.15, 0.2) is 55.2 Å². The quantitative estimate of drug-likeness (QED) is 0.769. The van der Waals surface area contributed by atoms with Gasteiger partial charge in [-0.1, -0.05) is 6.07 Å². The summed E-state index contributed by atoms with van der Waals surface area (Å²) in [7, 11) is 1.50. The molecule has 120 valence electrons. The van der Waals surface area contributed by atoms with Crippen LogP contribution in [0.1, 0.15) is 10.5 Å². The smallest absolute Gasteiger partial charge is 0.275 e. The van der Waals surface area contributed by atoms with Crippen molar-refractivity contribution in [3.63, 3.8) is 0 Å². The van der Waals surface area contributed by atoms with Gasteiger partial charge in [0.1, 0.15) is 23.6 Å². The van der Waals surface area contributed by atoms with Gasteiger partial charge in [-0.2, -0.15) is 4.98 Å². The molecule has 1 amide bonds. The summed E-state index contributed by atoms with van der Waals surface area (Å²) in [6.45, 7) is 0. The Kier molecular flexibility index (Phi) is 4.57. The number of hydrogen-bond acceptors (Lipinski definition) is 7. The molecule has 0 aromatic carbocycles. The zero-order valence-electron chi connectivity index (χ0n) is 12.7. The van der Waals surface area contributed by atoms with E-state index in [1.807, 2.05) is 0 Å². The third kappa shape index (κ3) is 3.80. The van der Waals surface area contributed by atoms with Crippen LogP contribution in [-0.2, 0) is 0 Å². The highest BCUT2D eigenvalue weighted by atomic mass is 16.5. The van der Waals surface area contributed by atoms with E-state index >= 15 is 0 Å². The first-order valence-corrected chi connectivity index (χ1v) is 6.96. The minimum absolute atomic E-state index is 0.189. The van der Waals surface area contributed by atoms with Crippen molar-refractivity contribution in [3.05, 3.63) is 60.9 Å². The fourth-order valence-electron chi connectivity index (χ4n) is 1.85. The van der Waals surface area contributed by atoms with Crippen LogP contribution in [0, 0.1) is 0 Å².